The summed E-state index contributed by atoms with van der Waals surface area (Å²) in [6.45, 7) is 0.219. The molecule has 3 heterocycles. The maximum absolute atomic E-state index is 13.0. The van der Waals surface area contributed by atoms with E-state index in [-0.39, 0.29) is 17.6 Å². The summed E-state index contributed by atoms with van der Waals surface area (Å²) in [6, 6.07) is 9.62. The molecule has 1 aromatic carbocycles. The van der Waals surface area contributed by atoms with Crippen molar-refractivity contribution in [1.82, 2.24) is 19.5 Å². The Morgan fingerprint density at radius 2 is 1.84 bits per heavy atom. The average Bonchev–Trinajstić information content (AvgIpc) is 2.78. The van der Waals surface area contributed by atoms with Crippen LogP contribution in [0.25, 0.3) is 33.4 Å². The summed E-state index contributed by atoms with van der Waals surface area (Å²) in [5.74, 6) is 0. The van der Waals surface area contributed by atoms with Crippen molar-refractivity contribution in [3.8, 4) is 22.5 Å². The van der Waals surface area contributed by atoms with Gasteiger partial charge in [0.2, 0.25) is 0 Å². The molecule has 0 radical (unpaired) electrons. The molecule has 0 atom stereocenters. The van der Waals surface area contributed by atoms with E-state index in [9.17, 15) is 18.0 Å². The van der Waals surface area contributed by atoms with E-state index < -0.39 is 11.7 Å². The minimum atomic E-state index is -4.44. The maximum Gasteiger partial charge on any atom is 0.416 e. The topological polar surface area (TPSA) is 80.9 Å². The number of aryl methyl sites for hydroxylation is 1. The van der Waals surface area contributed by atoms with Crippen LogP contribution in [0.3, 0.4) is 0 Å². The third kappa shape index (κ3) is 4.17. The van der Waals surface area contributed by atoms with Gasteiger partial charge < -0.3 is 5.11 Å². The van der Waals surface area contributed by atoms with Gasteiger partial charge in [-0.15, -0.1) is 0 Å². The monoisotopic (exact) mass is 426 g/mol. The Morgan fingerprint density at radius 3 is 2.48 bits per heavy atom. The van der Waals surface area contributed by atoms with E-state index in [1.54, 1.807) is 24.5 Å². The first kappa shape index (κ1) is 20.7. The molecule has 158 valence electrons. The number of benzene rings is 1. The lowest BCUT2D eigenvalue weighted by Gasteiger charge is -2.12. The van der Waals surface area contributed by atoms with Gasteiger partial charge in [-0.25, -0.2) is 9.97 Å². The predicted molar refractivity (Wildman–Crippen MR) is 109 cm³/mol. The number of fused-ring (bicyclic) bond motifs is 1. The summed E-state index contributed by atoms with van der Waals surface area (Å²) in [4.78, 5) is 26.1. The van der Waals surface area contributed by atoms with Crippen LogP contribution >= 0.6 is 0 Å². The first-order valence-corrected chi connectivity index (χ1v) is 9.47. The van der Waals surface area contributed by atoms with Crippen LogP contribution in [0.15, 0.2) is 66.0 Å². The molecule has 0 unspecified atom stereocenters. The maximum atomic E-state index is 13.0. The average molecular weight is 426 g/mol. The van der Waals surface area contributed by atoms with E-state index in [2.05, 4.69) is 15.0 Å². The summed E-state index contributed by atoms with van der Waals surface area (Å²) in [6.07, 6.45) is 0.525. The highest BCUT2D eigenvalue weighted by Crippen LogP contribution is 2.32. The number of nitrogens with zero attached hydrogens (tertiary/aromatic N) is 4. The Hall–Kier alpha value is -3.59. The molecule has 31 heavy (non-hydrogen) atoms. The molecule has 0 bridgehead atoms. The van der Waals surface area contributed by atoms with Gasteiger partial charge in [0.05, 0.1) is 28.7 Å². The van der Waals surface area contributed by atoms with E-state index in [0.717, 1.165) is 12.1 Å². The molecule has 3 aromatic heterocycles. The zero-order valence-corrected chi connectivity index (χ0v) is 16.2. The number of rotatable bonds is 5. The number of alkyl halides is 3. The molecule has 0 aliphatic rings. The SMILES string of the molecule is O=c1c2cc(-c3ccc(C(F)(F)F)cc3)nc(-c3cccnc3)c2ncn1CCCO. The number of hydrogen-bond acceptors (Lipinski definition) is 5. The van der Waals surface area contributed by atoms with Gasteiger partial charge in [0.15, 0.2) is 0 Å². The molecule has 4 aromatic rings. The lowest BCUT2D eigenvalue weighted by molar-refractivity contribution is -0.137. The van der Waals surface area contributed by atoms with Crippen LogP contribution in [0.2, 0.25) is 0 Å². The fourth-order valence-electron chi connectivity index (χ4n) is 3.25. The van der Waals surface area contributed by atoms with Gasteiger partial charge in [0.1, 0.15) is 5.52 Å². The molecule has 0 saturated heterocycles. The van der Waals surface area contributed by atoms with Crippen molar-refractivity contribution in [2.24, 2.45) is 0 Å². The minimum Gasteiger partial charge on any atom is -0.396 e. The second-order valence-corrected chi connectivity index (χ2v) is 6.89. The van der Waals surface area contributed by atoms with E-state index in [1.165, 1.54) is 29.1 Å². The van der Waals surface area contributed by atoms with Crippen molar-refractivity contribution >= 4 is 10.9 Å². The molecule has 6 nitrogen and oxygen atoms in total. The van der Waals surface area contributed by atoms with Gasteiger partial charge in [-0.1, -0.05) is 12.1 Å². The fourth-order valence-corrected chi connectivity index (χ4v) is 3.25. The van der Waals surface area contributed by atoms with E-state index in [4.69, 9.17) is 5.11 Å². The van der Waals surface area contributed by atoms with Crippen LogP contribution < -0.4 is 5.56 Å². The molecular weight excluding hydrogens is 409 g/mol. The summed E-state index contributed by atoms with van der Waals surface area (Å²) < 4.78 is 40.2. The van der Waals surface area contributed by atoms with Crippen molar-refractivity contribution in [3.05, 3.63) is 77.1 Å². The number of aliphatic hydroxyl groups is 1. The number of aromatic nitrogens is 4. The van der Waals surface area contributed by atoms with E-state index >= 15 is 0 Å². The normalized spacial score (nSPS) is 11.7. The van der Waals surface area contributed by atoms with Crippen molar-refractivity contribution in [2.45, 2.75) is 19.1 Å². The van der Waals surface area contributed by atoms with Crippen molar-refractivity contribution in [3.63, 3.8) is 0 Å². The van der Waals surface area contributed by atoms with Crippen molar-refractivity contribution in [1.29, 1.82) is 0 Å². The van der Waals surface area contributed by atoms with E-state index in [1.807, 2.05) is 0 Å². The molecule has 0 saturated carbocycles. The molecule has 0 fully saturated rings. The van der Waals surface area contributed by atoms with Gasteiger partial charge >= 0.3 is 6.18 Å². The molecular formula is C22H17F3N4O2. The molecule has 0 spiro atoms. The smallest absolute Gasteiger partial charge is 0.396 e. The fraction of sp³-hybridized carbons (Fsp3) is 0.182. The number of hydrogen-bond donors (Lipinski definition) is 1. The Morgan fingerprint density at radius 1 is 1.06 bits per heavy atom. The first-order valence-electron chi connectivity index (χ1n) is 9.47. The van der Waals surface area contributed by atoms with Crippen LogP contribution in [0.5, 0.6) is 0 Å². The second kappa shape index (κ2) is 8.27. The summed E-state index contributed by atoms with van der Waals surface area (Å²) in [7, 11) is 0. The standard InChI is InChI=1S/C22H17F3N4O2/c23-22(24,25)16-6-4-14(5-7-16)18-11-17-20(19(28-18)15-3-1-8-26-12-15)27-13-29(21(17)31)9-2-10-30/h1,3-8,11-13,30H,2,9-10H2. The van der Waals surface area contributed by atoms with E-state index in [0.29, 0.717) is 41.0 Å². The summed E-state index contributed by atoms with van der Waals surface area (Å²) in [5, 5.41) is 9.35. The highest BCUT2D eigenvalue weighted by Gasteiger charge is 2.30. The van der Waals surface area contributed by atoms with Crippen LogP contribution in [0.4, 0.5) is 13.2 Å². The zero-order valence-electron chi connectivity index (χ0n) is 16.2. The van der Waals surface area contributed by atoms with Gasteiger partial charge in [0.25, 0.3) is 5.56 Å². The third-order valence-corrected chi connectivity index (χ3v) is 4.81. The third-order valence-electron chi connectivity index (χ3n) is 4.81. The Balaban J connectivity index is 1.93. The molecule has 9 heteroatoms. The number of halogens is 3. The van der Waals surface area contributed by atoms with Crippen LogP contribution in [-0.4, -0.2) is 31.2 Å². The lowest BCUT2D eigenvalue weighted by Crippen LogP contribution is -2.21. The van der Waals surface area contributed by atoms with Crippen LogP contribution in [-0.2, 0) is 12.7 Å². The first-order chi connectivity index (χ1) is 14.9. The molecule has 1 N–H and O–H groups in total. The molecule has 0 aliphatic carbocycles. The quantitative estimate of drug-likeness (QED) is 0.523. The highest BCUT2D eigenvalue weighted by molar-refractivity contribution is 5.93. The second-order valence-electron chi connectivity index (χ2n) is 6.89. The lowest BCUT2D eigenvalue weighted by atomic mass is 10.0. The summed E-state index contributed by atoms with van der Waals surface area (Å²) >= 11 is 0. The van der Waals surface area contributed by atoms with Gasteiger partial charge in [0, 0.05) is 36.7 Å². The zero-order chi connectivity index (χ0) is 22.0. The Labute approximate surface area is 174 Å². The Bertz CT molecular complexity index is 1270. The predicted octanol–water partition coefficient (Wildman–Crippen LogP) is 3.92. The van der Waals surface area contributed by atoms with Gasteiger partial charge in [-0.2, -0.15) is 13.2 Å². The summed E-state index contributed by atoms with van der Waals surface area (Å²) in [5.41, 5.74) is 1.10. The molecule has 4 rings (SSSR count). The highest BCUT2D eigenvalue weighted by atomic mass is 19.4. The minimum absolute atomic E-state index is 0.0709. The number of aliphatic hydroxyl groups excluding tert-OH is 1. The van der Waals surface area contributed by atoms with Crippen LogP contribution in [0, 0.1) is 0 Å². The van der Waals surface area contributed by atoms with Crippen molar-refractivity contribution in [2.75, 3.05) is 6.61 Å². The van der Waals surface area contributed by atoms with Gasteiger partial charge in [-0.05, 0) is 36.8 Å². The molecule has 0 amide bonds. The Kier molecular flexibility index (Phi) is 5.51. The van der Waals surface area contributed by atoms with Crippen LogP contribution in [0.1, 0.15) is 12.0 Å². The largest absolute Gasteiger partial charge is 0.416 e. The van der Waals surface area contributed by atoms with Crippen molar-refractivity contribution < 1.29 is 18.3 Å². The molecule has 0 aliphatic heterocycles. The van der Waals surface area contributed by atoms with Gasteiger partial charge in [-0.3, -0.25) is 14.3 Å². The number of pyridine rings is 2.